The van der Waals surface area contributed by atoms with Gasteiger partial charge in [0.15, 0.2) is 11.5 Å². The van der Waals surface area contributed by atoms with Crippen LogP contribution < -0.4 is 9.47 Å². The molecule has 0 spiro atoms. The minimum Gasteiger partial charge on any atom is -0.490 e. The van der Waals surface area contributed by atoms with Crippen LogP contribution >= 0.6 is 0 Å². The molecule has 3 rings (SSSR count). The van der Waals surface area contributed by atoms with E-state index in [0.717, 1.165) is 24.1 Å². The number of nitrogens with zero attached hydrogens (tertiary/aromatic N) is 3. The van der Waals surface area contributed by atoms with Crippen molar-refractivity contribution in [3.05, 3.63) is 41.7 Å². The molecular formula is C22H29N3O3. The van der Waals surface area contributed by atoms with Crippen molar-refractivity contribution in [2.45, 2.75) is 27.2 Å². The third-order valence-electron chi connectivity index (χ3n) is 4.79. The van der Waals surface area contributed by atoms with Crippen LogP contribution in [0.4, 0.5) is 0 Å². The van der Waals surface area contributed by atoms with Crippen LogP contribution in [0.1, 0.15) is 33.0 Å². The number of hydrogen-bond donors (Lipinski definition) is 0. The molecule has 0 saturated heterocycles. The Balaban J connectivity index is 1.90. The SMILES string of the molecule is CCOc1ccc(-c2nc(C3=C(C)C(CN(C)C)CC=C3)no2)cc1OCC. The van der Waals surface area contributed by atoms with Crippen LogP contribution in [0.5, 0.6) is 11.5 Å². The predicted molar refractivity (Wildman–Crippen MR) is 110 cm³/mol. The van der Waals surface area contributed by atoms with Gasteiger partial charge in [-0.05, 0) is 65.4 Å². The maximum atomic E-state index is 5.70. The molecule has 0 saturated carbocycles. The molecule has 0 radical (unpaired) electrons. The molecule has 0 N–H and O–H groups in total. The van der Waals surface area contributed by atoms with Crippen molar-refractivity contribution in [2.24, 2.45) is 5.92 Å². The number of benzene rings is 1. The minimum atomic E-state index is 0.465. The first-order valence-corrected chi connectivity index (χ1v) is 9.79. The van der Waals surface area contributed by atoms with Gasteiger partial charge in [0, 0.05) is 17.7 Å². The Bertz CT molecular complexity index is 868. The molecule has 1 aromatic carbocycles. The van der Waals surface area contributed by atoms with Crippen LogP contribution in [-0.2, 0) is 0 Å². The van der Waals surface area contributed by atoms with Gasteiger partial charge >= 0.3 is 0 Å². The minimum absolute atomic E-state index is 0.465. The summed E-state index contributed by atoms with van der Waals surface area (Å²) < 4.78 is 16.9. The van der Waals surface area contributed by atoms with Crippen LogP contribution in [0.25, 0.3) is 17.0 Å². The highest BCUT2D eigenvalue weighted by molar-refractivity contribution is 5.74. The normalized spacial score (nSPS) is 16.7. The molecule has 0 aliphatic heterocycles. The van der Waals surface area contributed by atoms with Crippen molar-refractivity contribution in [1.29, 1.82) is 0 Å². The smallest absolute Gasteiger partial charge is 0.258 e. The van der Waals surface area contributed by atoms with Crippen LogP contribution in [0.2, 0.25) is 0 Å². The van der Waals surface area contributed by atoms with Gasteiger partial charge in [-0.3, -0.25) is 0 Å². The lowest BCUT2D eigenvalue weighted by molar-refractivity contribution is 0.288. The van der Waals surface area contributed by atoms with Gasteiger partial charge in [0.05, 0.1) is 13.2 Å². The molecule has 1 aliphatic rings. The third-order valence-corrected chi connectivity index (χ3v) is 4.79. The first kappa shape index (κ1) is 20.1. The summed E-state index contributed by atoms with van der Waals surface area (Å²) in [6.07, 6.45) is 5.32. The van der Waals surface area contributed by atoms with Crippen molar-refractivity contribution in [3.63, 3.8) is 0 Å². The lowest BCUT2D eigenvalue weighted by Gasteiger charge is -2.24. The number of rotatable bonds is 8. The zero-order valence-corrected chi connectivity index (χ0v) is 17.4. The molecule has 0 fully saturated rings. The highest BCUT2D eigenvalue weighted by Crippen LogP contribution is 2.34. The van der Waals surface area contributed by atoms with Crippen molar-refractivity contribution >= 4 is 5.57 Å². The Morgan fingerprint density at radius 3 is 2.61 bits per heavy atom. The van der Waals surface area contributed by atoms with E-state index in [0.29, 0.717) is 42.3 Å². The zero-order chi connectivity index (χ0) is 20.1. The zero-order valence-electron chi connectivity index (χ0n) is 17.4. The summed E-state index contributed by atoms with van der Waals surface area (Å²) in [7, 11) is 4.19. The number of allylic oxidation sites excluding steroid dienone is 3. The number of ether oxygens (including phenoxy) is 2. The van der Waals surface area contributed by atoms with Gasteiger partial charge in [-0.15, -0.1) is 0 Å². The molecule has 1 aliphatic carbocycles. The van der Waals surface area contributed by atoms with Crippen LogP contribution in [0.3, 0.4) is 0 Å². The summed E-state index contributed by atoms with van der Waals surface area (Å²) in [4.78, 5) is 6.86. The molecule has 0 amide bonds. The second-order valence-electron chi connectivity index (χ2n) is 7.14. The Kier molecular flexibility index (Phi) is 6.52. The monoisotopic (exact) mass is 383 g/mol. The molecule has 1 heterocycles. The van der Waals surface area contributed by atoms with E-state index >= 15 is 0 Å². The number of hydrogen-bond acceptors (Lipinski definition) is 6. The summed E-state index contributed by atoms with van der Waals surface area (Å²) in [6, 6.07) is 5.68. The second-order valence-corrected chi connectivity index (χ2v) is 7.14. The van der Waals surface area contributed by atoms with E-state index in [-0.39, 0.29) is 0 Å². The molecule has 2 aromatic rings. The van der Waals surface area contributed by atoms with Gasteiger partial charge in [-0.25, -0.2) is 0 Å². The van der Waals surface area contributed by atoms with Gasteiger partial charge in [0.2, 0.25) is 5.82 Å². The molecule has 1 atom stereocenters. The maximum Gasteiger partial charge on any atom is 0.258 e. The molecule has 1 aromatic heterocycles. The average Bonchev–Trinajstić information content (AvgIpc) is 3.15. The molecule has 28 heavy (non-hydrogen) atoms. The summed E-state index contributed by atoms with van der Waals surface area (Å²) in [6.45, 7) is 8.20. The van der Waals surface area contributed by atoms with Gasteiger partial charge < -0.3 is 18.9 Å². The average molecular weight is 383 g/mol. The largest absolute Gasteiger partial charge is 0.490 e. The lowest BCUT2D eigenvalue weighted by Crippen LogP contribution is -2.23. The van der Waals surface area contributed by atoms with Crippen LogP contribution in [0, 0.1) is 5.92 Å². The fourth-order valence-electron chi connectivity index (χ4n) is 3.42. The van der Waals surface area contributed by atoms with E-state index in [1.54, 1.807) is 0 Å². The van der Waals surface area contributed by atoms with E-state index < -0.39 is 0 Å². The van der Waals surface area contributed by atoms with Gasteiger partial charge in [-0.2, -0.15) is 4.98 Å². The highest BCUT2D eigenvalue weighted by Gasteiger charge is 2.22. The van der Waals surface area contributed by atoms with Crippen molar-refractivity contribution < 1.29 is 14.0 Å². The Morgan fingerprint density at radius 2 is 1.89 bits per heavy atom. The fraction of sp³-hybridized carbons (Fsp3) is 0.455. The second kappa shape index (κ2) is 9.06. The van der Waals surface area contributed by atoms with Crippen LogP contribution in [0.15, 0.2) is 40.4 Å². The van der Waals surface area contributed by atoms with E-state index in [2.05, 4.69) is 48.2 Å². The number of aromatic nitrogens is 2. The molecule has 1 unspecified atom stereocenters. The van der Waals surface area contributed by atoms with E-state index in [9.17, 15) is 0 Å². The van der Waals surface area contributed by atoms with Crippen molar-refractivity contribution in [3.8, 4) is 23.0 Å². The first-order chi connectivity index (χ1) is 13.5. The maximum absolute atomic E-state index is 5.70. The summed E-state index contributed by atoms with van der Waals surface area (Å²) in [5, 5.41) is 4.23. The summed E-state index contributed by atoms with van der Waals surface area (Å²) in [5.41, 5.74) is 3.16. The predicted octanol–water partition coefficient (Wildman–Crippen LogP) is 4.45. The van der Waals surface area contributed by atoms with Crippen LogP contribution in [-0.4, -0.2) is 48.9 Å². The standard InChI is InChI=1S/C22H29N3O3/c1-6-26-19-12-11-16(13-20(19)27-7-2)22-23-21(24-28-22)18-10-8-9-17(15(18)3)14-25(4)5/h8,10-13,17H,6-7,9,14H2,1-5H3. The van der Waals surface area contributed by atoms with Gasteiger partial charge in [0.25, 0.3) is 5.89 Å². The summed E-state index contributed by atoms with van der Waals surface area (Å²) in [5.74, 6) is 2.96. The molecular weight excluding hydrogens is 354 g/mol. The van der Waals surface area contributed by atoms with Gasteiger partial charge in [0.1, 0.15) is 0 Å². The Morgan fingerprint density at radius 1 is 1.14 bits per heavy atom. The van der Waals surface area contributed by atoms with E-state index in [1.807, 2.05) is 32.0 Å². The Hall–Kier alpha value is -2.60. The molecule has 0 bridgehead atoms. The summed E-state index contributed by atoms with van der Waals surface area (Å²) >= 11 is 0. The Labute approximate surface area is 166 Å². The van der Waals surface area contributed by atoms with E-state index in [1.165, 1.54) is 5.57 Å². The molecule has 6 nitrogen and oxygen atoms in total. The quantitative estimate of drug-likeness (QED) is 0.671. The van der Waals surface area contributed by atoms with Crippen molar-refractivity contribution in [2.75, 3.05) is 33.9 Å². The van der Waals surface area contributed by atoms with Gasteiger partial charge in [-0.1, -0.05) is 22.9 Å². The third kappa shape index (κ3) is 4.44. The van der Waals surface area contributed by atoms with E-state index in [4.69, 9.17) is 14.0 Å². The first-order valence-electron chi connectivity index (χ1n) is 9.79. The van der Waals surface area contributed by atoms with Crippen molar-refractivity contribution in [1.82, 2.24) is 15.0 Å². The lowest BCUT2D eigenvalue weighted by atomic mass is 9.87. The highest BCUT2D eigenvalue weighted by atomic mass is 16.5. The molecule has 6 heteroatoms. The topological polar surface area (TPSA) is 60.6 Å². The fourth-order valence-corrected chi connectivity index (χ4v) is 3.42. The molecule has 150 valence electrons.